The first-order valence-electron chi connectivity index (χ1n) is 11.7. The second-order valence-corrected chi connectivity index (χ2v) is 9.93. The molecule has 7 heteroatoms. The first-order chi connectivity index (χ1) is 15.6. The van der Waals surface area contributed by atoms with Gasteiger partial charge in [-0.2, -0.15) is 0 Å². The number of nitrogens with zero attached hydrogens (tertiary/aromatic N) is 1. The van der Waals surface area contributed by atoms with Crippen LogP contribution in [-0.4, -0.2) is 54.9 Å². The molecule has 2 aromatic rings. The minimum Gasteiger partial charge on any atom is -0.489 e. The number of benzene rings is 2. The Labute approximate surface area is 197 Å². The van der Waals surface area contributed by atoms with Gasteiger partial charge in [-0.15, -0.1) is 0 Å². The predicted octanol–water partition coefficient (Wildman–Crippen LogP) is 3.35. The van der Waals surface area contributed by atoms with Crippen LogP contribution in [-0.2, 0) is 31.9 Å². The summed E-state index contributed by atoms with van der Waals surface area (Å²) < 4.78 is 24.2. The number of hydrogen-bond donors (Lipinski definition) is 0. The molecule has 1 amide bonds. The molecule has 4 rings (SSSR count). The third-order valence-electron chi connectivity index (χ3n) is 6.78. The van der Waals surface area contributed by atoms with Crippen molar-refractivity contribution in [2.45, 2.75) is 65.0 Å². The number of carbonyl (C=O) groups excluding carboxylic acids is 1. The molecule has 0 N–H and O–H groups in total. The molecule has 2 heterocycles. The maximum absolute atomic E-state index is 13.1. The van der Waals surface area contributed by atoms with E-state index in [-0.39, 0.29) is 18.4 Å². The van der Waals surface area contributed by atoms with Gasteiger partial charge in [0.1, 0.15) is 12.4 Å². The fourth-order valence-corrected chi connectivity index (χ4v) is 4.06. The van der Waals surface area contributed by atoms with Crippen molar-refractivity contribution in [3.63, 3.8) is 0 Å². The molecule has 2 aliphatic rings. The second-order valence-electron chi connectivity index (χ2n) is 9.93. The molecule has 6 nitrogen and oxygen atoms in total. The number of morpholine rings is 1. The Balaban J connectivity index is 1.57. The Kier molecular flexibility index (Phi) is 6.84. The lowest BCUT2D eigenvalue weighted by Crippen LogP contribution is -2.45. The largest absolute Gasteiger partial charge is 0.494 e. The zero-order valence-corrected chi connectivity index (χ0v) is 20.3. The summed E-state index contributed by atoms with van der Waals surface area (Å²) in [7, 11) is -0.490. The Morgan fingerprint density at radius 2 is 1.79 bits per heavy atom. The molecule has 2 aliphatic heterocycles. The number of ether oxygens (including phenoxy) is 2. The third-order valence-corrected chi connectivity index (χ3v) is 6.78. The van der Waals surface area contributed by atoms with Crippen molar-refractivity contribution in [3.8, 4) is 5.75 Å². The molecule has 2 saturated heterocycles. The van der Waals surface area contributed by atoms with Crippen LogP contribution in [0.5, 0.6) is 5.75 Å². The lowest BCUT2D eigenvalue weighted by molar-refractivity contribution is -0.137. The lowest BCUT2D eigenvalue weighted by atomic mass is 9.78. The van der Waals surface area contributed by atoms with Gasteiger partial charge in [0.05, 0.1) is 30.3 Å². The summed E-state index contributed by atoms with van der Waals surface area (Å²) in [5, 5.41) is 0. The Morgan fingerprint density at radius 1 is 1.09 bits per heavy atom. The maximum atomic E-state index is 13.1. The molecule has 0 aromatic heterocycles. The number of amides is 1. The van der Waals surface area contributed by atoms with Crippen molar-refractivity contribution in [1.82, 2.24) is 4.90 Å². The summed E-state index contributed by atoms with van der Waals surface area (Å²) in [4.78, 5) is 15.0. The van der Waals surface area contributed by atoms with Gasteiger partial charge in [-0.3, -0.25) is 4.79 Å². The molecule has 0 radical (unpaired) electrons. The van der Waals surface area contributed by atoms with Gasteiger partial charge in [0.2, 0.25) is 5.91 Å². The van der Waals surface area contributed by atoms with Crippen LogP contribution in [0.2, 0.25) is 0 Å². The summed E-state index contributed by atoms with van der Waals surface area (Å²) >= 11 is 0. The predicted molar refractivity (Wildman–Crippen MR) is 129 cm³/mol. The minimum absolute atomic E-state index is 0.0487. The molecule has 0 saturated carbocycles. The maximum Gasteiger partial charge on any atom is 0.494 e. The van der Waals surface area contributed by atoms with Gasteiger partial charge >= 0.3 is 7.12 Å². The molecule has 2 aromatic carbocycles. The quantitative estimate of drug-likeness (QED) is 0.631. The van der Waals surface area contributed by atoms with Crippen molar-refractivity contribution in [2.24, 2.45) is 0 Å². The van der Waals surface area contributed by atoms with Crippen LogP contribution in [0.3, 0.4) is 0 Å². The summed E-state index contributed by atoms with van der Waals surface area (Å²) in [6.07, 6.45) is 0.303. The van der Waals surface area contributed by atoms with E-state index in [0.29, 0.717) is 32.1 Å². The molecule has 0 bridgehead atoms. The summed E-state index contributed by atoms with van der Waals surface area (Å²) in [5.41, 5.74) is 1.94. The monoisotopic (exact) mass is 451 g/mol. The van der Waals surface area contributed by atoms with E-state index in [1.165, 1.54) is 0 Å². The van der Waals surface area contributed by atoms with Gasteiger partial charge in [0, 0.05) is 18.7 Å². The van der Waals surface area contributed by atoms with E-state index in [1.54, 1.807) is 0 Å². The van der Waals surface area contributed by atoms with Gasteiger partial charge < -0.3 is 23.7 Å². The smallest absolute Gasteiger partial charge is 0.489 e. The highest BCUT2D eigenvalue weighted by Crippen LogP contribution is 2.36. The molecule has 2 fully saturated rings. The Bertz CT molecular complexity index is 962. The SMILES string of the molecule is C[C@@H]1CN(C(=O)Cc2cc(B3OC(C)(C)C(C)(C)O3)ccc2OCc2ccccc2)CCO1. The first-order valence-corrected chi connectivity index (χ1v) is 11.7. The fraction of sp³-hybridized carbons (Fsp3) is 0.500. The fourth-order valence-electron chi connectivity index (χ4n) is 4.06. The second kappa shape index (κ2) is 9.49. The standard InChI is InChI=1S/C26H34BNO5/c1-19-17-28(13-14-30-19)24(29)16-21-15-22(27-32-25(2,3)26(4,5)33-27)11-12-23(21)31-18-20-9-7-6-8-10-20/h6-12,15,19H,13-14,16-18H2,1-5H3/t19-/m1/s1. The molecule has 1 atom stereocenters. The van der Waals surface area contributed by atoms with Crippen molar-refractivity contribution in [1.29, 1.82) is 0 Å². The molecular weight excluding hydrogens is 417 g/mol. The van der Waals surface area contributed by atoms with Crippen LogP contribution < -0.4 is 10.2 Å². The number of carbonyl (C=O) groups is 1. The van der Waals surface area contributed by atoms with Crippen LogP contribution in [0.15, 0.2) is 48.5 Å². The third kappa shape index (κ3) is 5.43. The molecule has 0 spiro atoms. The average molecular weight is 451 g/mol. The highest BCUT2D eigenvalue weighted by Gasteiger charge is 2.51. The normalized spacial score (nSPS) is 21.8. The van der Waals surface area contributed by atoms with E-state index in [2.05, 4.69) is 0 Å². The van der Waals surface area contributed by atoms with E-state index >= 15 is 0 Å². The average Bonchev–Trinajstić information content (AvgIpc) is 3.00. The lowest BCUT2D eigenvalue weighted by Gasteiger charge is -2.32. The Morgan fingerprint density at radius 3 is 2.45 bits per heavy atom. The van der Waals surface area contributed by atoms with E-state index in [9.17, 15) is 4.79 Å². The topological polar surface area (TPSA) is 57.2 Å². The van der Waals surface area contributed by atoms with Crippen LogP contribution in [0.1, 0.15) is 45.7 Å². The Hall–Kier alpha value is -2.35. The van der Waals surface area contributed by atoms with E-state index in [4.69, 9.17) is 18.8 Å². The van der Waals surface area contributed by atoms with Crippen LogP contribution in [0.4, 0.5) is 0 Å². The van der Waals surface area contributed by atoms with Gasteiger partial charge in [-0.05, 0) is 51.7 Å². The van der Waals surface area contributed by atoms with E-state index < -0.39 is 18.3 Å². The highest BCUT2D eigenvalue weighted by atomic mass is 16.7. The van der Waals surface area contributed by atoms with Gasteiger partial charge in [0.25, 0.3) is 0 Å². The molecule has 0 unspecified atom stereocenters. The van der Waals surface area contributed by atoms with Crippen molar-refractivity contribution in [2.75, 3.05) is 19.7 Å². The van der Waals surface area contributed by atoms with E-state index in [1.807, 2.05) is 88.0 Å². The first kappa shape index (κ1) is 23.8. The molecule has 33 heavy (non-hydrogen) atoms. The molecular formula is C26H34BNO5. The number of hydrogen-bond acceptors (Lipinski definition) is 5. The molecule has 0 aliphatic carbocycles. The number of rotatable bonds is 6. The van der Waals surface area contributed by atoms with Gasteiger partial charge in [0.15, 0.2) is 0 Å². The van der Waals surface area contributed by atoms with Crippen LogP contribution >= 0.6 is 0 Å². The van der Waals surface area contributed by atoms with Gasteiger partial charge in [-0.25, -0.2) is 0 Å². The molecule has 176 valence electrons. The highest BCUT2D eigenvalue weighted by molar-refractivity contribution is 6.62. The van der Waals surface area contributed by atoms with Crippen molar-refractivity contribution in [3.05, 3.63) is 59.7 Å². The van der Waals surface area contributed by atoms with Crippen LogP contribution in [0.25, 0.3) is 0 Å². The summed E-state index contributed by atoms with van der Waals surface area (Å²) in [6.45, 7) is 12.4. The van der Waals surface area contributed by atoms with Gasteiger partial charge in [-0.1, -0.05) is 42.5 Å². The van der Waals surface area contributed by atoms with Crippen molar-refractivity contribution < 1.29 is 23.6 Å². The van der Waals surface area contributed by atoms with Crippen molar-refractivity contribution >= 4 is 18.5 Å². The zero-order chi connectivity index (χ0) is 23.6. The van der Waals surface area contributed by atoms with E-state index in [0.717, 1.165) is 16.6 Å². The minimum atomic E-state index is -0.490. The summed E-state index contributed by atoms with van der Waals surface area (Å²) in [6, 6.07) is 15.9. The zero-order valence-electron chi connectivity index (χ0n) is 20.3. The van der Waals surface area contributed by atoms with Crippen LogP contribution in [0, 0.1) is 0 Å². The summed E-state index contributed by atoms with van der Waals surface area (Å²) in [5.74, 6) is 0.773.